The molecule has 1 aliphatic heterocycles. The first kappa shape index (κ1) is 17.3. The topological polar surface area (TPSA) is 68.5 Å². The first-order valence-electron chi connectivity index (χ1n) is 8.94. The Hall–Kier alpha value is -3.15. The second-order valence-electron chi connectivity index (χ2n) is 6.79. The van der Waals surface area contributed by atoms with E-state index in [1.54, 1.807) is 7.11 Å². The van der Waals surface area contributed by atoms with Crippen molar-refractivity contribution in [2.75, 3.05) is 13.7 Å². The van der Waals surface area contributed by atoms with Gasteiger partial charge in [-0.1, -0.05) is 29.4 Å². The van der Waals surface area contributed by atoms with Gasteiger partial charge in [-0.05, 0) is 42.3 Å². The van der Waals surface area contributed by atoms with Crippen LogP contribution in [0.2, 0.25) is 0 Å². The molecule has 0 saturated carbocycles. The third kappa shape index (κ3) is 3.56. The van der Waals surface area contributed by atoms with Crippen molar-refractivity contribution in [3.05, 3.63) is 65.5 Å². The summed E-state index contributed by atoms with van der Waals surface area (Å²) in [5.74, 6) is 1.86. The first-order chi connectivity index (χ1) is 13.1. The zero-order valence-electron chi connectivity index (χ0n) is 15.4. The van der Waals surface area contributed by atoms with Crippen LogP contribution >= 0.6 is 0 Å². The molecule has 3 aromatic rings. The van der Waals surface area contributed by atoms with Crippen LogP contribution in [0, 0.1) is 6.92 Å². The van der Waals surface area contributed by atoms with Crippen molar-refractivity contribution in [2.45, 2.75) is 25.8 Å². The van der Waals surface area contributed by atoms with Gasteiger partial charge in [0.15, 0.2) is 0 Å². The number of benzene rings is 2. The van der Waals surface area contributed by atoms with Crippen molar-refractivity contribution in [1.82, 2.24) is 15.0 Å². The Morgan fingerprint density at radius 1 is 1.19 bits per heavy atom. The fourth-order valence-corrected chi connectivity index (χ4v) is 3.34. The average Bonchev–Trinajstić information content (AvgIpc) is 3.31. The highest BCUT2D eigenvalue weighted by molar-refractivity contribution is 5.79. The fraction of sp³-hybridized carbons (Fsp3) is 0.286. The number of methoxy groups -OCH3 is 1. The van der Waals surface area contributed by atoms with E-state index in [1.165, 1.54) is 5.56 Å². The third-order valence-corrected chi connectivity index (χ3v) is 4.98. The number of ether oxygens (including phenoxy) is 1. The number of carbonyl (C=O) groups is 1. The number of hydrogen-bond acceptors (Lipinski definition) is 5. The fourth-order valence-electron chi connectivity index (χ4n) is 3.34. The molecule has 1 atom stereocenters. The van der Waals surface area contributed by atoms with Gasteiger partial charge in [-0.15, -0.1) is 0 Å². The van der Waals surface area contributed by atoms with Gasteiger partial charge in [0, 0.05) is 25.1 Å². The SMILES string of the molecule is COc1ccc(-c2noc(C3CC(=O)N(Cc4ccccc4C)C3)n2)cc1. The van der Waals surface area contributed by atoms with Gasteiger partial charge in [-0.3, -0.25) is 4.79 Å². The van der Waals surface area contributed by atoms with Gasteiger partial charge in [-0.2, -0.15) is 4.98 Å². The lowest BCUT2D eigenvalue weighted by atomic mass is 10.1. The van der Waals surface area contributed by atoms with Gasteiger partial charge < -0.3 is 14.2 Å². The zero-order chi connectivity index (χ0) is 18.8. The molecular formula is C21H21N3O3. The van der Waals surface area contributed by atoms with Crippen LogP contribution in [0.3, 0.4) is 0 Å². The lowest BCUT2D eigenvalue weighted by Gasteiger charge is -2.17. The number of rotatable bonds is 5. The molecule has 27 heavy (non-hydrogen) atoms. The number of likely N-dealkylation sites (tertiary alicyclic amines) is 1. The molecular weight excluding hydrogens is 342 g/mol. The minimum Gasteiger partial charge on any atom is -0.497 e. The maximum absolute atomic E-state index is 12.4. The molecule has 1 fully saturated rings. The van der Waals surface area contributed by atoms with Crippen molar-refractivity contribution in [2.24, 2.45) is 0 Å². The van der Waals surface area contributed by atoms with Gasteiger partial charge in [0.2, 0.25) is 17.6 Å². The average molecular weight is 363 g/mol. The molecule has 0 aliphatic carbocycles. The molecule has 6 nitrogen and oxygen atoms in total. The Balaban J connectivity index is 1.47. The van der Waals surface area contributed by atoms with E-state index >= 15 is 0 Å². The van der Waals surface area contributed by atoms with Crippen molar-refractivity contribution >= 4 is 5.91 Å². The third-order valence-electron chi connectivity index (χ3n) is 4.98. The molecule has 1 unspecified atom stereocenters. The summed E-state index contributed by atoms with van der Waals surface area (Å²) in [6.45, 7) is 3.27. The normalized spacial score (nSPS) is 16.7. The van der Waals surface area contributed by atoms with Crippen molar-refractivity contribution in [3.63, 3.8) is 0 Å². The monoisotopic (exact) mass is 363 g/mol. The number of carbonyl (C=O) groups excluding carboxylic acids is 1. The quantitative estimate of drug-likeness (QED) is 0.693. The molecule has 0 bridgehead atoms. The van der Waals surface area contributed by atoms with Gasteiger partial charge in [0.1, 0.15) is 5.75 Å². The molecule has 1 aromatic heterocycles. The van der Waals surface area contributed by atoms with E-state index in [-0.39, 0.29) is 11.8 Å². The Bertz CT molecular complexity index is 949. The van der Waals surface area contributed by atoms with E-state index < -0.39 is 0 Å². The van der Waals surface area contributed by atoms with Gasteiger partial charge in [0.05, 0.1) is 13.0 Å². The van der Waals surface area contributed by atoms with Crippen molar-refractivity contribution in [3.8, 4) is 17.1 Å². The molecule has 0 radical (unpaired) electrons. The Labute approximate surface area is 157 Å². The Morgan fingerprint density at radius 2 is 1.96 bits per heavy atom. The van der Waals surface area contributed by atoms with E-state index in [0.717, 1.165) is 16.9 Å². The van der Waals surface area contributed by atoms with E-state index in [1.807, 2.05) is 41.3 Å². The lowest BCUT2D eigenvalue weighted by molar-refractivity contribution is -0.128. The van der Waals surface area contributed by atoms with Gasteiger partial charge in [0.25, 0.3) is 0 Å². The molecule has 0 spiro atoms. The highest BCUT2D eigenvalue weighted by atomic mass is 16.5. The number of amides is 1. The summed E-state index contributed by atoms with van der Waals surface area (Å²) in [5, 5.41) is 4.08. The molecule has 1 saturated heterocycles. The molecule has 1 amide bonds. The Kier molecular flexibility index (Phi) is 4.62. The summed E-state index contributed by atoms with van der Waals surface area (Å²) in [4.78, 5) is 18.8. The van der Waals surface area contributed by atoms with E-state index in [9.17, 15) is 4.79 Å². The lowest BCUT2D eigenvalue weighted by Crippen LogP contribution is -2.24. The van der Waals surface area contributed by atoms with Crippen LogP contribution < -0.4 is 4.74 Å². The van der Waals surface area contributed by atoms with Crippen molar-refractivity contribution in [1.29, 1.82) is 0 Å². The standard InChI is InChI=1S/C21H21N3O3/c1-14-5-3-4-6-16(14)12-24-13-17(11-19(24)25)21-22-20(23-27-21)15-7-9-18(26-2)10-8-15/h3-10,17H,11-13H2,1-2H3. The minimum absolute atomic E-state index is 0.0685. The number of hydrogen-bond donors (Lipinski definition) is 0. The predicted octanol–water partition coefficient (Wildman–Crippen LogP) is 3.57. The predicted molar refractivity (Wildman–Crippen MR) is 100 cm³/mol. The Morgan fingerprint density at radius 3 is 2.70 bits per heavy atom. The summed E-state index contributed by atoms with van der Waals surface area (Å²) in [6.07, 6.45) is 0.399. The molecule has 2 aromatic carbocycles. The maximum Gasteiger partial charge on any atom is 0.232 e. The van der Waals surface area contributed by atoms with E-state index in [0.29, 0.717) is 31.2 Å². The summed E-state index contributed by atoms with van der Waals surface area (Å²) in [5.41, 5.74) is 3.20. The molecule has 6 heteroatoms. The first-order valence-corrected chi connectivity index (χ1v) is 8.94. The molecule has 138 valence electrons. The van der Waals surface area contributed by atoms with Gasteiger partial charge in [-0.25, -0.2) is 0 Å². The number of aryl methyl sites for hydroxylation is 1. The second kappa shape index (κ2) is 7.23. The van der Waals surface area contributed by atoms with Crippen LogP contribution in [0.15, 0.2) is 53.1 Å². The van der Waals surface area contributed by atoms with E-state index in [4.69, 9.17) is 9.26 Å². The van der Waals surface area contributed by atoms with Crippen molar-refractivity contribution < 1.29 is 14.1 Å². The van der Waals surface area contributed by atoms with Crippen LogP contribution in [0.1, 0.15) is 29.4 Å². The van der Waals surface area contributed by atoms with Crippen LogP contribution in [-0.4, -0.2) is 34.6 Å². The summed E-state index contributed by atoms with van der Waals surface area (Å²) in [7, 11) is 1.63. The zero-order valence-corrected chi connectivity index (χ0v) is 15.4. The minimum atomic E-state index is -0.0685. The van der Waals surface area contributed by atoms with Crippen LogP contribution in [0.25, 0.3) is 11.4 Å². The molecule has 4 rings (SSSR count). The summed E-state index contributed by atoms with van der Waals surface area (Å²) in [6, 6.07) is 15.6. The summed E-state index contributed by atoms with van der Waals surface area (Å²) >= 11 is 0. The van der Waals surface area contributed by atoms with E-state index in [2.05, 4.69) is 29.2 Å². The highest BCUT2D eigenvalue weighted by Gasteiger charge is 2.34. The maximum atomic E-state index is 12.4. The number of aromatic nitrogens is 2. The summed E-state index contributed by atoms with van der Waals surface area (Å²) < 4.78 is 10.6. The van der Waals surface area contributed by atoms with Crippen LogP contribution in [0.5, 0.6) is 5.75 Å². The van der Waals surface area contributed by atoms with Crippen LogP contribution in [0.4, 0.5) is 0 Å². The van der Waals surface area contributed by atoms with Gasteiger partial charge >= 0.3 is 0 Å². The van der Waals surface area contributed by atoms with Crippen LogP contribution in [-0.2, 0) is 11.3 Å². The largest absolute Gasteiger partial charge is 0.497 e. The molecule has 0 N–H and O–H groups in total. The molecule has 1 aliphatic rings. The number of nitrogens with zero attached hydrogens (tertiary/aromatic N) is 3. The highest BCUT2D eigenvalue weighted by Crippen LogP contribution is 2.30. The molecule has 2 heterocycles. The second-order valence-corrected chi connectivity index (χ2v) is 6.79. The smallest absolute Gasteiger partial charge is 0.232 e.